The second-order valence-electron chi connectivity index (χ2n) is 2.69. The molecule has 1 heterocycles. The number of hydrogen-bond donors (Lipinski definition) is 1. The maximum atomic E-state index is 10.8. The normalized spacial score (nSPS) is 15.5. The molecule has 1 rings (SSSR count). The quantitative estimate of drug-likeness (QED) is 0.684. The Labute approximate surface area is 69.2 Å². The minimum atomic E-state index is -1.04. The summed E-state index contributed by atoms with van der Waals surface area (Å²) in [7, 11) is 0. The number of aromatic nitrogens is 4. The third-order valence-electron chi connectivity index (χ3n) is 2.00. The van der Waals surface area contributed by atoms with E-state index in [-0.39, 0.29) is 0 Å². The summed E-state index contributed by atoms with van der Waals surface area (Å²) in [6, 6.07) is 0. The molecule has 0 fully saturated rings. The van der Waals surface area contributed by atoms with Gasteiger partial charge in [-0.15, -0.1) is 5.10 Å². The molecule has 1 aromatic rings. The maximum Gasteiger partial charge on any atom is 0.331 e. The van der Waals surface area contributed by atoms with Gasteiger partial charge in [0.05, 0.1) is 0 Å². The first kappa shape index (κ1) is 8.63. The Morgan fingerprint density at radius 2 is 2.42 bits per heavy atom. The van der Waals surface area contributed by atoms with Gasteiger partial charge in [0.2, 0.25) is 0 Å². The van der Waals surface area contributed by atoms with Crippen molar-refractivity contribution in [1.82, 2.24) is 20.2 Å². The Balaban J connectivity index is 3.04. The highest BCUT2D eigenvalue weighted by Gasteiger charge is 2.34. The van der Waals surface area contributed by atoms with Crippen molar-refractivity contribution in [2.24, 2.45) is 0 Å². The number of hydrogen-bond acceptors (Lipinski definition) is 4. The Morgan fingerprint density at radius 1 is 1.75 bits per heavy atom. The van der Waals surface area contributed by atoms with Gasteiger partial charge in [0, 0.05) is 0 Å². The van der Waals surface area contributed by atoms with Gasteiger partial charge in [0.25, 0.3) is 0 Å². The lowest BCUT2D eigenvalue weighted by molar-refractivity contribution is -0.147. The van der Waals surface area contributed by atoms with Crippen LogP contribution < -0.4 is 0 Å². The molecule has 1 unspecified atom stereocenters. The molecular formula is C6H10N4O2. The highest BCUT2D eigenvalue weighted by molar-refractivity contribution is 5.75. The van der Waals surface area contributed by atoms with E-state index in [1.165, 1.54) is 11.0 Å². The van der Waals surface area contributed by atoms with Crippen molar-refractivity contribution in [3.05, 3.63) is 6.33 Å². The van der Waals surface area contributed by atoms with E-state index in [2.05, 4.69) is 15.5 Å². The van der Waals surface area contributed by atoms with Crippen molar-refractivity contribution in [2.75, 3.05) is 0 Å². The topological polar surface area (TPSA) is 80.9 Å². The second kappa shape index (κ2) is 2.88. The molecule has 0 aromatic carbocycles. The van der Waals surface area contributed by atoms with E-state index in [4.69, 9.17) is 5.11 Å². The SMILES string of the molecule is CCC(C)(C(=O)O)n1cnnn1. The molecule has 0 spiro atoms. The molecular weight excluding hydrogens is 160 g/mol. The van der Waals surface area contributed by atoms with Crippen LogP contribution in [-0.4, -0.2) is 31.3 Å². The Kier molecular flexibility index (Phi) is 2.07. The van der Waals surface area contributed by atoms with Crippen LogP contribution >= 0.6 is 0 Å². The summed E-state index contributed by atoms with van der Waals surface area (Å²) < 4.78 is 1.25. The van der Waals surface area contributed by atoms with Crippen LogP contribution in [0.5, 0.6) is 0 Å². The molecule has 6 nitrogen and oxygen atoms in total. The molecule has 0 aliphatic rings. The molecule has 12 heavy (non-hydrogen) atoms. The summed E-state index contributed by atoms with van der Waals surface area (Å²) in [6.07, 6.45) is 1.74. The molecule has 0 saturated heterocycles. The molecule has 0 bridgehead atoms. The van der Waals surface area contributed by atoms with E-state index in [1.807, 2.05) is 0 Å². The number of tetrazole rings is 1. The van der Waals surface area contributed by atoms with Gasteiger partial charge in [0.15, 0.2) is 5.54 Å². The number of rotatable bonds is 3. The number of carbonyl (C=O) groups is 1. The number of nitrogens with zero attached hydrogens (tertiary/aromatic N) is 4. The van der Waals surface area contributed by atoms with Gasteiger partial charge in [-0.2, -0.15) is 0 Å². The fourth-order valence-corrected chi connectivity index (χ4v) is 0.799. The molecule has 66 valence electrons. The van der Waals surface area contributed by atoms with E-state index in [9.17, 15) is 4.79 Å². The predicted octanol–water partition coefficient (Wildman–Crippen LogP) is -0.117. The van der Waals surface area contributed by atoms with Crippen LogP contribution in [-0.2, 0) is 10.3 Å². The van der Waals surface area contributed by atoms with Gasteiger partial charge in [0.1, 0.15) is 6.33 Å². The molecule has 1 aromatic heterocycles. The van der Waals surface area contributed by atoms with Crippen LogP contribution in [0.15, 0.2) is 6.33 Å². The van der Waals surface area contributed by atoms with Crippen LogP contribution in [0.2, 0.25) is 0 Å². The zero-order valence-corrected chi connectivity index (χ0v) is 6.93. The van der Waals surface area contributed by atoms with Crippen molar-refractivity contribution in [1.29, 1.82) is 0 Å². The molecule has 0 radical (unpaired) electrons. The molecule has 0 amide bonds. The predicted molar refractivity (Wildman–Crippen MR) is 39.4 cm³/mol. The minimum Gasteiger partial charge on any atom is -0.479 e. The first-order valence-corrected chi connectivity index (χ1v) is 3.58. The van der Waals surface area contributed by atoms with E-state index in [0.717, 1.165) is 0 Å². The summed E-state index contributed by atoms with van der Waals surface area (Å²) in [5.74, 6) is -0.933. The highest BCUT2D eigenvalue weighted by Crippen LogP contribution is 2.17. The summed E-state index contributed by atoms with van der Waals surface area (Å²) in [6.45, 7) is 3.35. The smallest absolute Gasteiger partial charge is 0.331 e. The maximum absolute atomic E-state index is 10.8. The third kappa shape index (κ3) is 1.15. The lowest BCUT2D eigenvalue weighted by Crippen LogP contribution is -2.38. The van der Waals surface area contributed by atoms with Gasteiger partial charge in [-0.1, -0.05) is 6.92 Å². The van der Waals surface area contributed by atoms with E-state index < -0.39 is 11.5 Å². The molecule has 0 aliphatic carbocycles. The first-order chi connectivity index (χ1) is 5.61. The van der Waals surface area contributed by atoms with Crippen molar-refractivity contribution >= 4 is 5.97 Å². The summed E-state index contributed by atoms with van der Waals surface area (Å²) >= 11 is 0. The monoisotopic (exact) mass is 170 g/mol. The first-order valence-electron chi connectivity index (χ1n) is 3.58. The van der Waals surface area contributed by atoms with Crippen LogP contribution in [0.1, 0.15) is 20.3 Å². The zero-order valence-electron chi connectivity index (χ0n) is 6.93. The van der Waals surface area contributed by atoms with Gasteiger partial charge in [-0.05, 0) is 23.8 Å². The lowest BCUT2D eigenvalue weighted by atomic mass is 10.0. The highest BCUT2D eigenvalue weighted by atomic mass is 16.4. The third-order valence-corrected chi connectivity index (χ3v) is 2.00. The van der Waals surface area contributed by atoms with E-state index in [0.29, 0.717) is 6.42 Å². The largest absolute Gasteiger partial charge is 0.479 e. The van der Waals surface area contributed by atoms with Crippen LogP contribution in [0.25, 0.3) is 0 Å². The van der Waals surface area contributed by atoms with Crippen LogP contribution in [0.4, 0.5) is 0 Å². The fraction of sp³-hybridized carbons (Fsp3) is 0.667. The molecule has 1 atom stereocenters. The van der Waals surface area contributed by atoms with Crippen LogP contribution in [0.3, 0.4) is 0 Å². The molecule has 0 aliphatic heterocycles. The van der Waals surface area contributed by atoms with Crippen molar-refractivity contribution in [2.45, 2.75) is 25.8 Å². The second-order valence-corrected chi connectivity index (χ2v) is 2.69. The lowest BCUT2D eigenvalue weighted by Gasteiger charge is -2.21. The Hall–Kier alpha value is -1.46. The van der Waals surface area contributed by atoms with E-state index in [1.54, 1.807) is 13.8 Å². The molecule has 6 heteroatoms. The average molecular weight is 170 g/mol. The van der Waals surface area contributed by atoms with E-state index >= 15 is 0 Å². The van der Waals surface area contributed by atoms with Gasteiger partial charge in [-0.25, -0.2) is 9.48 Å². The standard InChI is InChI=1S/C6H10N4O2/c1-3-6(2,5(11)12)10-4-7-8-9-10/h4H,3H2,1-2H3,(H,11,12). The van der Waals surface area contributed by atoms with Crippen molar-refractivity contribution in [3.63, 3.8) is 0 Å². The van der Waals surface area contributed by atoms with Crippen molar-refractivity contribution in [3.8, 4) is 0 Å². The average Bonchev–Trinajstić information content (AvgIpc) is 2.54. The molecule has 0 saturated carbocycles. The summed E-state index contributed by atoms with van der Waals surface area (Å²) in [4.78, 5) is 10.8. The Morgan fingerprint density at radius 3 is 2.75 bits per heavy atom. The Bertz CT molecular complexity index is 271. The summed E-state index contributed by atoms with van der Waals surface area (Å²) in [5.41, 5.74) is -1.04. The molecule has 1 N–H and O–H groups in total. The van der Waals surface area contributed by atoms with Gasteiger partial charge < -0.3 is 5.11 Å². The number of carboxylic acid groups (broad SMARTS) is 1. The zero-order chi connectivity index (χ0) is 9.19. The summed E-state index contributed by atoms with van der Waals surface area (Å²) in [5, 5.41) is 19.2. The fourth-order valence-electron chi connectivity index (χ4n) is 0.799. The van der Waals surface area contributed by atoms with Gasteiger partial charge in [-0.3, -0.25) is 0 Å². The number of carboxylic acids is 1. The number of aliphatic carboxylic acids is 1. The van der Waals surface area contributed by atoms with Crippen LogP contribution in [0, 0.1) is 0 Å². The van der Waals surface area contributed by atoms with Gasteiger partial charge >= 0.3 is 5.97 Å². The van der Waals surface area contributed by atoms with Crippen molar-refractivity contribution < 1.29 is 9.90 Å². The minimum absolute atomic E-state index is 0.438.